The molecule has 2 aromatic carbocycles. The first-order valence-corrected chi connectivity index (χ1v) is 15.2. The average molecular weight is 497 g/mol. The normalized spacial score (nSPS) is 28.2. The molecule has 5 rings (SSSR count). The molecule has 0 aliphatic carbocycles. The number of hydrogen-bond donors (Lipinski definition) is 2. The maximum atomic E-state index is 14.1. The molecule has 2 aromatic rings. The molecule has 0 bridgehead atoms. The van der Waals surface area contributed by atoms with Crippen molar-refractivity contribution in [2.24, 2.45) is 5.92 Å². The molecular formula is C26H32N2O6Si. The number of cyclic esters (lactones) is 1. The molecule has 9 heteroatoms. The summed E-state index contributed by atoms with van der Waals surface area (Å²) < 4.78 is 11.6. The van der Waals surface area contributed by atoms with Crippen molar-refractivity contribution in [1.29, 1.82) is 0 Å². The number of aliphatic hydroxyl groups excluding tert-OH is 1. The lowest BCUT2D eigenvalue weighted by atomic mass is 9.82. The van der Waals surface area contributed by atoms with Crippen LogP contribution in [0.25, 0.3) is 0 Å². The minimum absolute atomic E-state index is 0.0646. The zero-order chi connectivity index (χ0) is 25.0. The SMILES string of the molecule is C[C@@H]1[C@@H]([Si](C)(C)O)[C@H](CCO)O[C@@]12C(=O)N(Cc1ccc(N3CCOC3=O)cc1)c1ccccc12. The van der Waals surface area contributed by atoms with E-state index in [2.05, 4.69) is 0 Å². The van der Waals surface area contributed by atoms with Gasteiger partial charge >= 0.3 is 6.09 Å². The second-order valence-electron chi connectivity index (χ2n) is 10.2. The van der Waals surface area contributed by atoms with Gasteiger partial charge in [-0.2, -0.15) is 0 Å². The number of rotatable bonds is 6. The van der Waals surface area contributed by atoms with Crippen LogP contribution in [0.2, 0.25) is 18.6 Å². The van der Waals surface area contributed by atoms with Crippen molar-refractivity contribution in [3.05, 3.63) is 59.7 Å². The first kappa shape index (κ1) is 24.0. The summed E-state index contributed by atoms with van der Waals surface area (Å²) in [5, 5.41) is 9.68. The molecule has 0 radical (unpaired) electrons. The predicted molar refractivity (Wildman–Crippen MR) is 134 cm³/mol. The Hall–Kier alpha value is -2.72. The van der Waals surface area contributed by atoms with Gasteiger partial charge in [-0.25, -0.2) is 4.79 Å². The van der Waals surface area contributed by atoms with E-state index in [-0.39, 0.29) is 30.1 Å². The highest BCUT2D eigenvalue weighted by Crippen LogP contribution is 2.59. The monoisotopic (exact) mass is 496 g/mol. The fourth-order valence-corrected chi connectivity index (χ4v) is 8.78. The molecular weight excluding hydrogens is 464 g/mol. The predicted octanol–water partition coefficient (Wildman–Crippen LogP) is 3.37. The van der Waals surface area contributed by atoms with Crippen molar-refractivity contribution in [2.75, 3.05) is 29.6 Å². The van der Waals surface area contributed by atoms with Crippen LogP contribution >= 0.6 is 0 Å². The quantitative estimate of drug-likeness (QED) is 0.595. The summed E-state index contributed by atoms with van der Waals surface area (Å²) in [6.45, 7) is 6.94. The maximum Gasteiger partial charge on any atom is 0.414 e. The van der Waals surface area contributed by atoms with E-state index in [0.29, 0.717) is 26.1 Å². The number of aliphatic hydroxyl groups is 1. The van der Waals surface area contributed by atoms with Crippen LogP contribution in [0, 0.1) is 5.92 Å². The summed E-state index contributed by atoms with van der Waals surface area (Å²) >= 11 is 0. The molecule has 1 spiro atoms. The van der Waals surface area contributed by atoms with Crippen LogP contribution in [-0.4, -0.2) is 56.1 Å². The lowest BCUT2D eigenvalue weighted by Gasteiger charge is -2.32. The summed E-state index contributed by atoms with van der Waals surface area (Å²) in [6, 6.07) is 15.3. The zero-order valence-electron chi connectivity index (χ0n) is 20.3. The molecule has 2 saturated heterocycles. The van der Waals surface area contributed by atoms with E-state index in [0.717, 1.165) is 22.5 Å². The van der Waals surface area contributed by atoms with Gasteiger partial charge in [-0.3, -0.25) is 9.69 Å². The molecule has 2 N–H and O–H groups in total. The van der Waals surface area contributed by atoms with E-state index in [4.69, 9.17) is 9.47 Å². The number of benzene rings is 2. The molecule has 186 valence electrons. The van der Waals surface area contributed by atoms with E-state index in [1.54, 1.807) is 9.80 Å². The standard InChI is InChI=1S/C26H32N2O6Si/c1-17-23(35(2,3)32)22(12-14-29)34-26(17)20-6-4-5-7-21(20)28(24(26)30)16-18-8-10-19(11-9-18)27-13-15-33-25(27)31/h4-11,17,22-23,29,32H,12-16H2,1-3H3/t17-,22+,23-,26+/m1/s1. The lowest BCUT2D eigenvalue weighted by Crippen LogP contribution is -2.46. The number of nitrogens with zero attached hydrogens (tertiary/aromatic N) is 2. The van der Waals surface area contributed by atoms with E-state index in [9.17, 15) is 19.5 Å². The van der Waals surface area contributed by atoms with Gasteiger partial charge in [-0.05, 0) is 43.3 Å². The largest absolute Gasteiger partial charge is 0.447 e. The molecule has 3 aliphatic rings. The first-order chi connectivity index (χ1) is 16.7. The summed E-state index contributed by atoms with van der Waals surface area (Å²) in [5.74, 6) is -0.380. The van der Waals surface area contributed by atoms with Crippen LogP contribution in [0.3, 0.4) is 0 Å². The average Bonchev–Trinajstić information content (AvgIpc) is 3.45. The second kappa shape index (κ2) is 8.74. The zero-order valence-corrected chi connectivity index (χ0v) is 21.3. The van der Waals surface area contributed by atoms with Crippen LogP contribution < -0.4 is 9.80 Å². The number of amides is 2. The molecule has 0 unspecified atom stereocenters. The van der Waals surface area contributed by atoms with Crippen molar-refractivity contribution in [3.63, 3.8) is 0 Å². The molecule has 0 saturated carbocycles. The van der Waals surface area contributed by atoms with Gasteiger partial charge in [0, 0.05) is 29.3 Å². The van der Waals surface area contributed by atoms with Crippen LogP contribution in [-0.2, 0) is 26.4 Å². The maximum absolute atomic E-state index is 14.1. The smallest absolute Gasteiger partial charge is 0.414 e. The summed E-state index contributed by atoms with van der Waals surface area (Å²) in [5.41, 5.74) is 1.93. The topological polar surface area (TPSA) is 99.5 Å². The highest BCUT2D eigenvalue weighted by Gasteiger charge is 2.65. The Labute approximate surface area is 206 Å². The Kier molecular flexibility index (Phi) is 5.99. The van der Waals surface area contributed by atoms with Gasteiger partial charge in [0.25, 0.3) is 5.91 Å². The summed E-state index contributed by atoms with van der Waals surface area (Å²) in [6.07, 6.45) is -0.361. The second-order valence-corrected chi connectivity index (χ2v) is 14.2. The van der Waals surface area contributed by atoms with Gasteiger partial charge in [0.1, 0.15) is 6.61 Å². The highest BCUT2D eigenvalue weighted by molar-refractivity contribution is 6.71. The fourth-order valence-electron chi connectivity index (χ4n) is 6.18. The third-order valence-corrected chi connectivity index (χ3v) is 10.2. The van der Waals surface area contributed by atoms with E-state index in [1.165, 1.54) is 0 Å². The Morgan fingerprint density at radius 1 is 1.11 bits per heavy atom. The van der Waals surface area contributed by atoms with Crippen LogP contribution in [0.5, 0.6) is 0 Å². The number of carbonyl (C=O) groups excluding carboxylic acids is 2. The van der Waals surface area contributed by atoms with Gasteiger partial charge in [0.2, 0.25) is 0 Å². The molecule has 4 atom stereocenters. The van der Waals surface area contributed by atoms with Gasteiger partial charge < -0.3 is 24.3 Å². The Morgan fingerprint density at radius 2 is 1.83 bits per heavy atom. The van der Waals surface area contributed by atoms with Gasteiger partial charge in [-0.1, -0.05) is 37.3 Å². The lowest BCUT2D eigenvalue weighted by molar-refractivity contribution is -0.146. The van der Waals surface area contributed by atoms with Crippen molar-refractivity contribution >= 4 is 31.7 Å². The van der Waals surface area contributed by atoms with Gasteiger partial charge in [0.15, 0.2) is 13.9 Å². The summed E-state index contributed by atoms with van der Waals surface area (Å²) in [7, 11) is -2.70. The molecule has 2 amide bonds. The molecule has 0 aromatic heterocycles. The molecule has 3 aliphatic heterocycles. The van der Waals surface area contributed by atoms with E-state index in [1.807, 2.05) is 68.5 Å². The molecule has 2 fully saturated rings. The van der Waals surface area contributed by atoms with E-state index >= 15 is 0 Å². The van der Waals surface area contributed by atoms with Crippen LogP contribution in [0.4, 0.5) is 16.2 Å². The van der Waals surface area contributed by atoms with Gasteiger partial charge in [-0.15, -0.1) is 0 Å². The molecule has 3 heterocycles. The third-order valence-electron chi connectivity index (χ3n) is 7.65. The number of fused-ring (bicyclic) bond motifs is 2. The number of para-hydroxylation sites is 1. The number of carbonyl (C=O) groups is 2. The van der Waals surface area contributed by atoms with Crippen LogP contribution in [0.1, 0.15) is 24.5 Å². The van der Waals surface area contributed by atoms with E-state index < -0.39 is 20.0 Å². The Bertz CT molecular complexity index is 1130. The number of anilines is 2. The Balaban J connectivity index is 1.48. The number of hydrogen-bond acceptors (Lipinski definition) is 6. The summed E-state index contributed by atoms with van der Waals surface area (Å²) in [4.78, 5) is 40.5. The fraction of sp³-hybridized carbons (Fsp3) is 0.462. The van der Waals surface area contributed by atoms with Crippen molar-refractivity contribution < 1.29 is 29.0 Å². The van der Waals surface area contributed by atoms with Crippen LogP contribution in [0.15, 0.2) is 48.5 Å². The highest BCUT2D eigenvalue weighted by atomic mass is 28.4. The number of ether oxygens (including phenoxy) is 2. The first-order valence-electron chi connectivity index (χ1n) is 12.1. The minimum Gasteiger partial charge on any atom is -0.447 e. The Morgan fingerprint density at radius 3 is 2.46 bits per heavy atom. The third kappa shape index (κ3) is 3.77. The minimum atomic E-state index is -2.70. The van der Waals surface area contributed by atoms with Crippen molar-refractivity contribution in [2.45, 2.75) is 50.2 Å². The van der Waals surface area contributed by atoms with Crippen molar-refractivity contribution in [3.8, 4) is 0 Å². The van der Waals surface area contributed by atoms with Gasteiger partial charge in [0.05, 0.1) is 24.9 Å². The molecule has 8 nitrogen and oxygen atoms in total. The molecule has 35 heavy (non-hydrogen) atoms. The van der Waals surface area contributed by atoms with Crippen molar-refractivity contribution in [1.82, 2.24) is 0 Å².